The van der Waals surface area contributed by atoms with Crippen LogP contribution in [0.2, 0.25) is 0 Å². The molecule has 11 nitrogen and oxygen atoms in total. The Morgan fingerprint density at radius 2 is 1.71 bits per heavy atom. The average Bonchev–Trinajstić information content (AvgIpc) is 2.79. The minimum atomic E-state index is -1.03. The number of fused-ring (bicyclic) bond motifs is 1. The molecule has 2 heterocycles. The van der Waals surface area contributed by atoms with Gasteiger partial charge >= 0.3 is 0 Å². The molecule has 2 aromatic carbocycles. The number of amides is 3. The molecule has 0 spiro atoms. The van der Waals surface area contributed by atoms with Crippen molar-refractivity contribution < 1.29 is 19.1 Å². The molecule has 1 aliphatic heterocycles. The van der Waals surface area contributed by atoms with Gasteiger partial charge in [0, 0.05) is 24.7 Å². The summed E-state index contributed by atoms with van der Waals surface area (Å²) in [4.78, 5) is 56.3. The van der Waals surface area contributed by atoms with E-state index in [2.05, 4.69) is 31.2 Å². The molecule has 0 bridgehead atoms. The summed E-state index contributed by atoms with van der Waals surface area (Å²) in [7, 11) is 1.51. The summed E-state index contributed by atoms with van der Waals surface area (Å²) in [6.45, 7) is 1.39. The molecule has 1 aromatic heterocycles. The van der Waals surface area contributed by atoms with Crippen LogP contribution in [0.5, 0.6) is 5.75 Å². The summed E-state index contributed by atoms with van der Waals surface area (Å²) >= 11 is 0. The average molecular weight is 462 g/mol. The SMILES string of the molecule is COc1ccccc1Nc1nc2c(c(=O)[nH]1)C(C(=O)Nc1ccc(NC(C)=O)cc1)CC(=O)N2. The van der Waals surface area contributed by atoms with Gasteiger partial charge in [-0.25, -0.2) is 0 Å². The Balaban J connectivity index is 1.58. The lowest BCUT2D eigenvalue weighted by atomic mass is 9.92. The van der Waals surface area contributed by atoms with Gasteiger partial charge in [0.15, 0.2) is 0 Å². The molecule has 5 N–H and O–H groups in total. The monoisotopic (exact) mass is 462 g/mol. The third-order valence-corrected chi connectivity index (χ3v) is 5.10. The van der Waals surface area contributed by atoms with E-state index in [0.717, 1.165) is 0 Å². The highest BCUT2D eigenvalue weighted by Gasteiger charge is 2.34. The molecule has 174 valence electrons. The number of para-hydroxylation sites is 2. The van der Waals surface area contributed by atoms with Crippen LogP contribution in [0.25, 0.3) is 0 Å². The van der Waals surface area contributed by atoms with Crippen molar-refractivity contribution in [1.29, 1.82) is 0 Å². The van der Waals surface area contributed by atoms with E-state index < -0.39 is 23.3 Å². The largest absolute Gasteiger partial charge is 0.495 e. The van der Waals surface area contributed by atoms with Gasteiger partial charge in [-0.05, 0) is 36.4 Å². The standard InChI is InChI=1S/C23H22N6O5/c1-12(30)24-13-7-9-14(10-8-13)25-21(32)15-11-18(31)27-20-19(15)22(33)29-23(28-20)26-16-5-3-4-6-17(16)34-2/h3-10,15H,11H2,1-2H3,(H,24,30)(H,25,32)(H3,26,27,28,29,31,33). The molecule has 1 aliphatic rings. The van der Waals surface area contributed by atoms with Crippen molar-refractivity contribution in [3.63, 3.8) is 0 Å². The van der Waals surface area contributed by atoms with Gasteiger partial charge in [-0.2, -0.15) is 4.98 Å². The van der Waals surface area contributed by atoms with Crippen LogP contribution in [0.1, 0.15) is 24.8 Å². The molecular formula is C23H22N6O5. The van der Waals surface area contributed by atoms with Gasteiger partial charge in [0.2, 0.25) is 23.7 Å². The van der Waals surface area contributed by atoms with Gasteiger partial charge in [-0.1, -0.05) is 12.1 Å². The number of methoxy groups -OCH3 is 1. The molecule has 34 heavy (non-hydrogen) atoms. The summed E-state index contributed by atoms with van der Waals surface area (Å²) < 4.78 is 5.28. The first-order valence-electron chi connectivity index (χ1n) is 10.4. The summed E-state index contributed by atoms with van der Waals surface area (Å²) in [6, 6.07) is 13.5. The molecule has 4 rings (SSSR count). The van der Waals surface area contributed by atoms with Crippen molar-refractivity contribution in [2.75, 3.05) is 28.4 Å². The van der Waals surface area contributed by atoms with Crippen molar-refractivity contribution in [2.45, 2.75) is 19.3 Å². The van der Waals surface area contributed by atoms with Crippen LogP contribution in [0.3, 0.4) is 0 Å². The van der Waals surface area contributed by atoms with Gasteiger partial charge < -0.3 is 26.0 Å². The number of aromatic nitrogens is 2. The molecule has 1 atom stereocenters. The van der Waals surface area contributed by atoms with E-state index in [0.29, 0.717) is 22.8 Å². The van der Waals surface area contributed by atoms with Gasteiger partial charge in [-0.15, -0.1) is 0 Å². The molecule has 3 amide bonds. The Morgan fingerprint density at radius 1 is 1.03 bits per heavy atom. The number of ether oxygens (including phenoxy) is 1. The van der Waals surface area contributed by atoms with E-state index in [1.165, 1.54) is 14.0 Å². The van der Waals surface area contributed by atoms with Crippen LogP contribution in [0.4, 0.5) is 28.8 Å². The first kappa shape index (κ1) is 22.5. The lowest BCUT2D eigenvalue weighted by Crippen LogP contribution is -2.36. The highest BCUT2D eigenvalue weighted by atomic mass is 16.5. The van der Waals surface area contributed by atoms with E-state index >= 15 is 0 Å². The molecule has 0 fully saturated rings. The quantitative estimate of drug-likeness (QED) is 0.377. The maximum absolute atomic E-state index is 13.0. The van der Waals surface area contributed by atoms with E-state index in [1.807, 2.05) is 0 Å². The molecule has 0 saturated carbocycles. The molecular weight excluding hydrogens is 440 g/mol. The number of hydrogen-bond acceptors (Lipinski definition) is 7. The zero-order valence-corrected chi connectivity index (χ0v) is 18.4. The van der Waals surface area contributed by atoms with Crippen molar-refractivity contribution >= 4 is 46.5 Å². The lowest BCUT2D eigenvalue weighted by molar-refractivity contribution is -0.123. The minimum absolute atomic E-state index is 0.0126. The third-order valence-electron chi connectivity index (χ3n) is 5.10. The number of rotatable bonds is 6. The highest BCUT2D eigenvalue weighted by molar-refractivity contribution is 6.04. The van der Waals surface area contributed by atoms with E-state index in [1.54, 1.807) is 48.5 Å². The predicted octanol–water partition coefficient (Wildman–Crippen LogP) is 2.54. The summed E-state index contributed by atoms with van der Waals surface area (Å²) in [5.74, 6) is -1.57. The Labute approximate surface area is 193 Å². The lowest BCUT2D eigenvalue weighted by Gasteiger charge is -2.23. The first-order chi connectivity index (χ1) is 16.3. The first-order valence-corrected chi connectivity index (χ1v) is 10.4. The maximum Gasteiger partial charge on any atom is 0.258 e. The maximum atomic E-state index is 13.0. The van der Waals surface area contributed by atoms with Crippen molar-refractivity contribution in [1.82, 2.24) is 9.97 Å². The predicted molar refractivity (Wildman–Crippen MR) is 126 cm³/mol. The number of benzene rings is 2. The fourth-order valence-corrected chi connectivity index (χ4v) is 3.60. The fraction of sp³-hybridized carbons (Fsp3) is 0.174. The minimum Gasteiger partial charge on any atom is -0.495 e. The Morgan fingerprint density at radius 3 is 2.38 bits per heavy atom. The second-order valence-electron chi connectivity index (χ2n) is 7.55. The van der Waals surface area contributed by atoms with Crippen LogP contribution in [-0.2, 0) is 14.4 Å². The van der Waals surface area contributed by atoms with E-state index in [-0.39, 0.29) is 29.7 Å². The van der Waals surface area contributed by atoms with Crippen LogP contribution < -0.4 is 31.6 Å². The van der Waals surface area contributed by atoms with Gasteiger partial charge in [0.25, 0.3) is 5.56 Å². The molecule has 0 aliphatic carbocycles. The number of carbonyl (C=O) groups excluding carboxylic acids is 3. The molecule has 3 aromatic rings. The third kappa shape index (κ3) is 4.88. The Bertz CT molecular complexity index is 1320. The normalized spacial score (nSPS) is 14.4. The molecule has 0 saturated heterocycles. The molecule has 1 unspecified atom stereocenters. The van der Waals surface area contributed by atoms with Crippen LogP contribution >= 0.6 is 0 Å². The number of carbonyl (C=O) groups is 3. The summed E-state index contributed by atoms with van der Waals surface area (Å²) in [6.07, 6.45) is -0.202. The molecule has 0 radical (unpaired) electrons. The van der Waals surface area contributed by atoms with E-state index in [4.69, 9.17) is 4.74 Å². The number of H-pyrrole nitrogens is 1. The van der Waals surface area contributed by atoms with Crippen molar-refractivity contribution in [2.24, 2.45) is 0 Å². The number of aromatic amines is 1. The fourth-order valence-electron chi connectivity index (χ4n) is 3.60. The Hall–Kier alpha value is -4.67. The topological polar surface area (TPSA) is 154 Å². The van der Waals surface area contributed by atoms with Crippen molar-refractivity contribution in [3.05, 3.63) is 64.4 Å². The van der Waals surface area contributed by atoms with E-state index in [9.17, 15) is 19.2 Å². The summed E-state index contributed by atoms with van der Waals surface area (Å²) in [5, 5.41) is 10.9. The van der Waals surface area contributed by atoms with Crippen molar-refractivity contribution in [3.8, 4) is 5.75 Å². The Kier molecular flexibility index (Phi) is 6.26. The van der Waals surface area contributed by atoms with Crippen LogP contribution in [0, 0.1) is 0 Å². The zero-order chi connectivity index (χ0) is 24.2. The number of nitrogens with zero attached hydrogens (tertiary/aromatic N) is 1. The number of anilines is 5. The van der Waals surface area contributed by atoms with Crippen LogP contribution in [0.15, 0.2) is 53.3 Å². The second kappa shape index (κ2) is 9.45. The zero-order valence-electron chi connectivity index (χ0n) is 18.4. The van der Waals surface area contributed by atoms with Gasteiger partial charge in [0.05, 0.1) is 24.3 Å². The highest BCUT2D eigenvalue weighted by Crippen LogP contribution is 2.31. The number of nitrogens with one attached hydrogen (secondary N) is 5. The second-order valence-corrected chi connectivity index (χ2v) is 7.55. The van der Waals surface area contributed by atoms with Crippen LogP contribution in [-0.4, -0.2) is 34.8 Å². The summed E-state index contributed by atoms with van der Waals surface area (Å²) in [5.41, 5.74) is 1.10. The van der Waals surface area contributed by atoms with Gasteiger partial charge in [0.1, 0.15) is 11.6 Å². The molecule has 11 heteroatoms. The van der Waals surface area contributed by atoms with Gasteiger partial charge in [-0.3, -0.25) is 24.2 Å². The smallest absolute Gasteiger partial charge is 0.258 e. The number of hydrogen-bond donors (Lipinski definition) is 5.